The van der Waals surface area contributed by atoms with Gasteiger partial charge in [-0.1, -0.05) is 23.7 Å². The van der Waals surface area contributed by atoms with E-state index in [1.807, 2.05) is 24.3 Å². The highest BCUT2D eigenvalue weighted by Gasteiger charge is 2.18. The number of hydrogen-bond acceptors (Lipinski definition) is 4. The topological polar surface area (TPSA) is 55.4 Å². The Morgan fingerprint density at radius 1 is 1.33 bits per heavy atom. The van der Waals surface area contributed by atoms with E-state index in [1.54, 1.807) is 36.2 Å². The molecule has 2 atom stereocenters. The van der Waals surface area contributed by atoms with Gasteiger partial charge in [0.2, 0.25) is 0 Å². The summed E-state index contributed by atoms with van der Waals surface area (Å²) in [5.74, 6) is 1.03. The van der Waals surface area contributed by atoms with E-state index in [0.717, 1.165) is 35.7 Å². The van der Waals surface area contributed by atoms with Crippen LogP contribution in [0.2, 0.25) is 5.02 Å². The first-order valence-electron chi connectivity index (χ1n) is 8.76. The molecule has 1 aliphatic heterocycles. The molecule has 0 aromatic heterocycles. The lowest BCUT2D eigenvalue weighted by Gasteiger charge is -2.13. The number of benzene rings is 2. The third kappa shape index (κ3) is 5.82. The Morgan fingerprint density at radius 2 is 2.15 bits per heavy atom. The monoisotopic (exact) mass is 423 g/mol. The Labute approximate surface area is 171 Å². The number of halogens is 1. The third-order valence-electron chi connectivity index (χ3n) is 4.24. The SMILES string of the molecule is CS(=O)Cc1cc(NC(=O)c2ccccc2SCC2CCCO2)ccc1Cl. The first-order chi connectivity index (χ1) is 13.0. The van der Waals surface area contributed by atoms with Crippen LogP contribution in [0.5, 0.6) is 0 Å². The molecule has 1 N–H and O–H groups in total. The summed E-state index contributed by atoms with van der Waals surface area (Å²) >= 11 is 7.81. The van der Waals surface area contributed by atoms with E-state index >= 15 is 0 Å². The molecule has 2 aromatic carbocycles. The van der Waals surface area contributed by atoms with Gasteiger partial charge in [-0.15, -0.1) is 11.8 Å². The molecule has 7 heteroatoms. The molecule has 2 unspecified atom stereocenters. The second kappa shape index (κ2) is 9.73. The summed E-state index contributed by atoms with van der Waals surface area (Å²) in [6.07, 6.45) is 4.07. The first-order valence-corrected chi connectivity index (χ1v) is 11.9. The molecule has 1 amide bonds. The number of nitrogens with one attached hydrogen (secondary N) is 1. The van der Waals surface area contributed by atoms with Crippen LogP contribution in [0.15, 0.2) is 47.4 Å². The minimum Gasteiger partial charge on any atom is -0.377 e. The zero-order chi connectivity index (χ0) is 19.2. The molecule has 0 aliphatic carbocycles. The lowest BCUT2D eigenvalue weighted by molar-refractivity contribution is 0.102. The maximum Gasteiger partial charge on any atom is 0.256 e. The number of hydrogen-bond donors (Lipinski definition) is 1. The molecule has 0 radical (unpaired) electrons. The molecule has 1 fully saturated rings. The molecule has 0 spiro atoms. The minimum atomic E-state index is -1.00. The van der Waals surface area contributed by atoms with E-state index in [1.165, 1.54) is 0 Å². The van der Waals surface area contributed by atoms with Crippen LogP contribution >= 0.6 is 23.4 Å². The van der Waals surface area contributed by atoms with Crippen molar-refractivity contribution in [3.05, 3.63) is 58.6 Å². The normalized spacial score (nSPS) is 17.6. The lowest BCUT2D eigenvalue weighted by atomic mass is 10.2. The molecular weight excluding hydrogens is 402 g/mol. The van der Waals surface area contributed by atoms with Gasteiger partial charge >= 0.3 is 0 Å². The van der Waals surface area contributed by atoms with Crippen LogP contribution in [0, 0.1) is 0 Å². The highest BCUT2D eigenvalue weighted by molar-refractivity contribution is 7.99. The fourth-order valence-electron chi connectivity index (χ4n) is 2.92. The molecule has 0 bridgehead atoms. The van der Waals surface area contributed by atoms with Gasteiger partial charge < -0.3 is 10.1 Å². The lowest BCUT2D eigenvalue weighted by Crippen LogP contribution is -2.14. The van der Waals surface area contributed by atoms with Crippen molar-refractivity contribution < 1.29 is 13.7 Å². The summed E-state index contributed by atoms with van der Waals surface area (Å²) in [5, 5.41) is 3.48. The van der Waals surface area contributed by atoms with Crippen LogP contribution in [0.4, 0.5) is 5.69 Å². The largest absolute Gasteiger partial charge is 0.377 e. The van der Waals surface area contributed by atoms with E-state index in [4.69, 9.17) is 16.3 Å². The zero-order valence-electron chi connectivity index (χ0n) is 15.1. The molecule has 1 heterocycles. The van der Waals surface area contributed by atoms with E-state index in [2.05, 4.69) is 5.32 Å². The van der Waals surface area contributed by atoms with Gasteiger partial charge in [-0.2, -0.15) is 0 Å². The fraction of sp³-hybridized carbons (Fsp3) is 0.350. The van der Waals surface area contributed by atoms with Crippen molar-refractivity contribution in [3.63, 3.8) is 0 Å². The number of carbonyl (C=O) groups excluding carboxylic acids is 1. The summed E-state index contributed by atoms with van der Waals surface area (Å²) in [7, 11) is -1.00. The van der Waals surface area contributed by atoms with Crippen molar-refractivity contribution >= 4 is 45.8 Å². The molecule has 1 saturated heterocycles. The standard InChI is InChI=1S/C20H22ClNO3S2/c1-27(24)13-14-11-15(8-9-18(14)21)22-20(23)17-6-2-3-7-19(17)26-12-16-5-4-10-25-16/h2-3,6-9,11,16H,4-5,10,12-13H2,1H3,(H,22,23). The number of amides is 1. The van der Waals surface area contributed by atoms with Crippen LogP contribution in [0.1, 0.15) is 28.8 Å². The summed E-state index contributed by atoms with van der Waals surface area (Å²) in [6.45, 7) is 0.828. The minimum absolute atomic E-state index is 0.170. The van der Waals surface area contributed by atoms with Crippen LogP contribution in [-0.4, -0.2) is 34.8 Å². The number of ether oxygens (including phenoxy) is 1. The average Bonchev–Trinajstić information content (AvgIpc) is 3.16. The van der Waals surface area contributed by atoms with Crippen LogP contribution in [-0.2, 0) is 21.3 Å². The van der Waals surface area contributed by atoms with E-state index in [9.17, 15) is 9.00 Å². The Kier molecular flexibility index (Phi) is 7.35. The smallest absolute Gasteiger partial charge is 0.256 e. The van der Waals surface area contributed by atoms with Crippen molar-refractivity contribution in [2.75, 3.05) is 23.9 Å². The van der Waals surface area contributed by atoms with Crippen LogP contribution in [0.3, 0.4) is 0 Å². The number of carbonyl (C=O) groups is 1. The predicted molar refractivity (Wildman–Crippen MR) is 113 cm³/mol. The molecule has 4 nitrogen and oxygen atoms in total. The highest BCUT2D eigenvalue weighted by atomic mass is 35.5. The summed E-state index contributed by atoms with van der Waals surface area (Å²) < 4.78 is 17.2. The number of thioether (sulfide) groups is 1. The predicted octanol–water partition coefficient (Wildman–Crippen LogP) is 4.74. The van der Waals surface area contributed by atoms with Gasteiger partial charge in [0.05, 0.1) is 11.7 Å². The van der Waals surface area contributed by atoms with Crippen LogP contribution < -0.4 is 5.32 Å². The quantitative estimate of drug-likeness (QED) is 0.653. The van der Waals surface area contributed by atoms with Gasteiger partial charge in [0.1, 0.15) is 0 Å². The van der Waals surface area contributed by atoms with Crippen molar-refractivity contribution in [1.29, 1.82) is 0 Å². The van der Waals surface area contributed by atoms with Crippen molar-refractivity contribution in [2.45, 2.75) is 29.6 Å². The van der Waals surface area contributed by atoms with E-state index in [-0.39, 0.29) is 12.0 Å². The Morgan fingerprint density at radius 3 is 2.89 bits per heavy atom. The molecule has 2 aromatic rings. The molecule has 144 valence electrons. The maximum atomic E-state index is 12.8. The van der Waals surface area contributed by atoms with Crippen molar-refractivity contribution in [3.8, 4) is 0 Å². The zero-order valence-corrected chi connectivity index (χ0v) is 17.5. The van der Waals surface area contributed by atoms with E-state index < -0.39 is 10.8 Å². The summed E-state index contributed by atoms with van der Waals surface area (Å²) in [5.41, 5.74) is 2.04. The van der Waals surface area contributed by atoms with Gasteiger partial charge in [0, 0.05) is 50.8 Å². The van der Waals surface area contributed by atoms with Crippen molar-refractivity contribution in [2.24, 2.45) is 0 Å². The van der Waals surface area contributed by atoms with Gasteiger partial charge in [-0.3, -0.25) is 9.00 Å². The maximum absolute atomic E-state index is 12.8. The highest BCUT2D eigenvalue weighted by Crippen LogP contribution is 2.28. The number of rotatable bonds is 7. The Bertz CT molecular complexity index is 838. The second-order valence-electron chi connectivity index (χ2n) is 6.42. The third-order valence-corrected chi connectivity index (χ3v) is 6.53. The fourth-order valence-corrected chi connectivity index (χ4v) is 4.98. The molecule has 1 aliphatic rings. The number of anilines is 1. The molecular formula is C20H22ClNO3S2. The molecule has 3 rings (SSSR count). The van der Waals surface area contributed by atoms with Gasteiger partial charge in [0.25, 0.3) is 5.91 Å². The molecule has 0 saturated carbocycles. The van der Waals surface area contributed by atoms with Gasteiger partial charge in [0.15, 0.2) is 0 Å². The van der Waals surface area contributed by atoms with Crippen LogP contribution in [0.25, 0.3) is 0 Å². The van der Waals surface area contributed by atoms with E-state index in [0.29, 0.717) is 22.0 Å². The van der Waals surface area contributed by atoms with Gasteiger partial charge in [-0.25, -0.2) is 0 Å². The first kappa shape index (κ1) is 20.4. The van der Waals surface area contributed by atoms with Gasteiger partial charge in [-0.05, 0) is 48.7 Å². The Balaban J connectivity index is 1.71. The summed E-state index contributed by atoms with van der Waals surface area (Å²) in [4.78, 5) is 13.7. The second-order valence-corrected chi connectivity index (χ2v) is 9.32. The summed E-state index contributed by atoms with van der Waals surface area (Å²) in [6, 6.07) is 12.8. The Hall–Kier alpha value is -1.34. The molecule has 27 heavy (non-hydrogen) atoms. The van der Waals surface area contributed by atoms with Crippen molar-refractivity contribution in [1.82, 2.24) is 0 Å². The average molecular weight is 424 g/mol.